The van der Waals surface area contributed by atoms with Crippen molar-refractivity contribution in [3.8, 4) is 0 Å². The Hall–Kier alpha value is -0.860. The second-order valence-corrected chi connectivity index (χ2v) is 7.62. The van der Waals surface area contributed by atoms with Gasteiger partial charge in [-0.3, -0.25) is 0 Å². The summed E-state index contributed by atoms with van der Waals surface area (Å²) in [6, 6.07) is 10.6. The highest BCUT2D eigenvalue weighted by molar-refractivity contribution is 5.22. The summed E-state index contributed by atoms with van der Waals surface area (Å²) in [6.45, 7) is 9.57. The van der Waals surface area contributed by atoms with E-state index in [-0.39, 0.29) is 24.0 Å². The highest BCUT2D eigenvalue weighted by Gasteiger charge is 2.34. The minimum absolute atomic E-state index is 0.0621. The molecular formula is C19H32O2. The molecule has 0 saturated carbocycles. The molecule has 120 valence electrons. The quantitative estimate of drug-likeness (QED) is 0.709. The zero-order chi connectivity index (χ0) is 15.9. The number of benzene rings is 1. The lowest BCUT2D eigenvalue weighted by molar-refractivity contribution is 0.138. The average Bonchev–Trinajstić information content (AvgIpc) is 2.43. The van der Waals surface area contributed by atoms with Gasteiger partial charge in [0.2, 0.25) is 0 Å². The number of aliphatic hydroxyl groups excluding tert-OH is 2. The normalized spacial score (nSPS) is 14.2. The van der Waals surface area contributed by atoms with E-state index in [1.165, 1.54) is 5.56 Å². The lowest BCUT2D eigenvalue weighted by Crippen LogP contribution is -2.28. The molecule has 0 saturated heterocycles. The number of rotatable bonds is 9. The van der Waals surface area contributed by atoms with E-state index < -0.39 is 0 Å². The summed E-state index contributed by atoms with van der Waals surface area (Å²) in [7, 11) is 0. The molecule has 0 spiro atoms. The van der Waals surface area contributed by atoms with Gasteiger partial charge in [-0.15, -0.1) is 0 Å². The molecule has 0 aliphatic carbocycles. The minimum atomic E-state index is 0.0621. The maximum absolute atomic E-state index is 9.40. The van der Waals surface area contributed by atoms with Crippen LogP contribution in [-0.4, -0.2) is 23.4 Å². The van der Waals surface area contributed by atoms with Crippen LogP contribution in [0.25, 0.3) is 0 Å². The van der Waals surface area contributed by atoms with Crippen LogP contribution in [0, 0.1) is 10.8 Å². The monoisotopic (exact) mass is 292 g/mol. The zero-order valence-electron chi connectivity index (χ0n) is 14.1. The summed E-state index contributed by atoms with van der Waals surface area (Å²) in [4.78, 5) is 0. The van der Waals surface area contributed by atoms with Crippen molar-refractivity contribution >= 4 is 0 Å². The summed E-state index contributed by atoms with van der Waals surface area (Å²) in [6.07, 6.45) is 3.77. The van der Waals surface area contributed by atoms with Gasteiger partial charge in [-0.2, -0.15) is 0 Å². The van der Waals surface area contributed by atoms with Crippen LogP contribution in [0.3, 0.4) is 0 Å². The predicted molar refractivity (Wildman–Crippen MR) is 89.4 cm³/mol. The van der Waals surface area contributed by atoms with E-state index in [1.807, 2.05) is 0 Å². The van der Waals surface area contributed by atoms with Crippen molar-refractivity contribution in [2.45, 2.75) is 59.3 Å². The topological polar surface area (TPSA) is 40.5 Å². The molecule has 0 radical (unpaired) electrons. The second-order valence-electron chi connectivity index (χ2n) is 7.62. The zero-order valence-corrected chi connectivity index (χ0v) is 14.1. The van der Waals surface area contributed by atoms with E-state index >= 15 is 0 Å². The van der Waals surface area contributed by atoms with Crippen molar-refractivity contribution in [2.75, 3.05) is 13.2 Å². The Morgan fingerprint density at radius 2 is 1.52 bits per heavy atom. The average molecular weight is 292 g/mol. The van der Waals surface area contributed by atoms with E-state index in [0.717, 1.165) is 25.7 Å². The Morgan fingerprint density at radius 1 is 0.905 bits per heavy atom. The fraction of sp³-hybridized carbons (Fsp3) is 0.684. The van der Waals surface area contributed by atoms with Gasteiger partial charge in [0.15, 0.2) is 0 Å². The highest BCUT2D eigenvalue weighted by atomic mass is 16.3. The molecular weight excluding hydrogens is 260 g/mol. The molecule has 1 rings (SSSR count). The Bertz CT molecular complexity index is 395. The van der Waals surface area contributed by atoms with Crippen LogP contribution < -0.4 is 0 Å². The molecule has 1 unspecified atom stereocenters. The van der Waals surface area contributed by atoms with E-state index in [1.54, 1.807) is 0 Å². The first-order valence-corrected chi connectivity index (χ1v) is 8.09. The Labute approximate surface area is 130 Å². The van der Waals surface area contributed by atoms with Crippen molar-refractivity contribution in [2.24, 2.45) is 10.8 Å². The van der Waals surface area contributed by atoms with Gasteiger partial charge in [-0.1, -0.05) is 58.0 Å². The molecule has 21 heavy (non-hydrogen) atoms. The third-order valence-electron chi connectivity index (χ3n) is 4.67. The fourth-order valence-electron chi connectivity index (χ4n) is 3.21. The van der Waals surface area contributed by atoms with Crippen LogP contribution in [0.1, 0.15) is 64.9 Å². The van der Waals surface area contributed by atoms with Crippen molar-refractivity contribution in [1.29, 1.82) is 0 Å². The summed E-state index contributed by atoms with van der Waals surface area (Å²) in [5, 5.41) is 18.5. The van der Waals surface area contributed by atoms with E-state index in [2.05, 4.69) is 58.0 Å². The molecule has 0 heterocycles. The van der Waals surface area contributed by atoms with Crippen LogP contribution in [0.15, 0.2) is 30.3 Å². The van der Waals surface area contributed by atoms with Gasteiger partial charge >= 0.3 is 0 Å². The van der Waals surface area contributed by atoms with Gasteiger partial charge in [0.1, 0.15) is 0 Å². The minimum Gasteiger partial charge on any atom is -0.396 e. The van der Waals surface area contributed by atoms with Crippen LogP contribution >= 0.6 is 0 Å². The third-order valence-corrected chi connectivity index (χ3v) is 4.67. The predicted octanol–water partition coefficient (Wildman–Crippen LogP) is 4.37. The standard InChI is InChI=1S/C19H32O2/c1-18(2,11-8-13-20)15-17(19(3,4)12-14-21)16-9-6-5-7-10-16/h5-7,9-10,17,20-21H,8,11-15H2,1-4H3. The molecule has 0 amide bonds. The van der Waals surface area contributed by atoms with Crippen LogP contribution in [0.5, 0.6) is 0 Å². The molecule has 0 aliphatic rings. The van der Waals surface area contributed by atoms with E-state index in [9.17, 15) is 5.11 Å². The smallest absolute Gasteiger partial charge is 0.0436 e. The lowest BCUT2D eigenvalue weighted by atomic mass is 9.65. The van der Waals surface area contributed by atoms with Crippen LogP contribution in [0.2, 0.25) is 0 Å². The maximum atomic E-state index is 9.40. The van der Waals surface area contributed by atoms with Gasteiger partial charge in [-0.25, -0.2) is 0 Å². The molecule has 0 aromatic heterocycles. The van der Waals surface area contributed by atoms with E-state index in [0.29, 0.717) is 5.92 Å². The molecule has 2 nitrogen and oxygen atoms in total. The number of hydrogen-bond acceptors (Lipinski definition) is 2. The largest absolute Gasteiger partial charge is 0.396 e. The van der Waals surface area contributed by atoms with Gasteiger partial charge in [-0.05, 0) is 48.0 Å². The van der Waals surface area contributed by atoms with Crippen molar-refractivity contribution < 1.29 is 10.2 Å². The van der Waals surface area contributed by atoms with Crippen molar-refractivity contribution in [3.63, 3.8) is 0 Å². The van der Waals surface area contributed by atoms with Gasteiger partial charge in [0.25, 0.3) is 0 Å². The molecule has 1 aromatic carbocycles. The summed E-state index contributed by atoms with van der Waals surface area (Å²) >= 11 is 0. The molecule has 1 atom stereocenters. The van der Waals surface area contributed by atoms with Gasteiger partial charge < -0.3 is 10.2 Å². The Kier molecular flexibility index (Phi) is 6.89. The molecule has 2 N–H and O–H groups in total. The van der Waals surface area contributed by atoms with E-state index in [4.69, 9.17) is 5.11 Å². The fourth-order valence-corrected chi connectivity index (χ4v) is 3.21. The van der Waals surface area contributed by atoms with Crippen molar-refractivity contribution in [1.82, 2.24) is 0 Å². The summed E-state index contributed by atoms with van der Waals surface area (Å²) in [5.74, 6) is 0.416. The first-order valence-electron chi connectivity index (χ1n) is 8.09. The SMILES string of the molecule is CC(C)(CCCO)CC(c1ccccc1)C(C)(C)CCO. The van der Waals surface area contributed by atoms with Crippen LogP contribution in [-0.2, 0) is 0 Å². The Balaban J connectivity index is 2.98. The number of aliphatic hydroxyl groups is 2. The first kappa shape index (κ1) is 18.2. The second kappa shape index (κ2) is 7.95. The molecule has 2 heteroatoms. The van der Waals surface area contributed by atoms with Gasteiger partial charge in [0.05, 0.1) is 0 Å². The lowest BCUT2D eigenvalue weighted by Gasteiger charge is -2.40. The summed E-state index contributed by atoms with van der Waals surface area (Å²) < 4.78 is 0. The first-order chi connectivity index (χ1) is 9.82. The highest BCUT2D eigenvalue weighted by Crippen LogP contribution is 2.46. The summed E-state index contributed by atoms with van der Waals surface area (Å²) in [5.41, 5.74) is 1.61. The molecule has 0 aliphatic heterocycles. The van der Waals surface area contributed by atoms with Crippen LogP contribution in [0.4, 0.5) is 0 Å². The van der Waals surface area contributed by atoms with Gasteiger partial charge in [0, 0.05) is 13.2 Å². The Morgan fingerprint density at radius 3 is 2.05 bits per heavy atom. The third kappa shape index (κ3) is 5.80. The molecule has 0 fully saturated rings. The maximum Gasteiger partial charge on any atom is 0.0436 e. The molecule has 1 aromatic rings. The molecule has 0 bridgehead atoms. The van der Waals surface area contributed by atoms with Crippen molar-refractivity contribution in [3.05, 3.63) is 35.9 Å². The number of hydrogen-bond donors (Lipinski definition) is 2.